The molecule has 7 heteroatoms. The monoisotopic (exact) mass is 377 g/mol. The number of Topliss-reactive ketones (excluding diaryl/α,β-unsaturated/α-hetero) is 1. The van der Waals surface area contributed by atoms with Crippen LogP contribution in [-0.4, -0.2) is 44.9 Å². The summed E-state index contributed by atoms with van der Waals surface area (Å²) >= 11 is 0. The Bertz CT molecular complexity index is 934. The van der Waals surface area contributed by atoms with Crippen LogP contribution < -0.4 is 5.32 Å². The van der Waals surface area contributed by atoms with Crippen molar-refractivity contribution >= 4 is 17.4 Å². The molecule has 0 bridgehead atoms. The van der Waals surface area contributed by atoms with Crippen LogP contribution in [0.5, 0.6) is 0 Å². The Morgan fingerprint density at radius 2 is 1.79 bits per heavy atom. The third kappa shape index (κ3) is 4.69. The molecule has 0 aliphatic rings. The summed E-state index contributed by atoms with van der Waals surface area (Å²) in [6.45, 7) is 3.82. The van der Waals surface area contributed by atoms with Crippen molar-refractivity contribution in [2.24, 2.45) is 0 Å². The lowest BCUT2D eigenvalue weighted by Gasteiger charge is -2.24. The molecule has 1 N–H and O–H groups in total. The fourth-order valence-electron chi connectivity index (χ4n) is 2.85. The second-order valence-electron chi connectivity index (χ2n) is 6.70. The lowest BCUT2D eigenvalue weighted by Crippen LogP contribution is -2.32. The van der Waals surface area contributed by atoms with Crippen LogP contribution in [-0.2, 0) is 4.79 Å². The van der Waals surface area contributed by atoms with E-state index in [2.05, 4.69) is 22.3 Å². The van der Waals surface area contributed by atoms with E-state index in [-0.39, 0.29) is 24.3 Å². The Labute approximate surface area is 164 Å². The molecule has 0 aliphatic heterocycles. The maximum absolute atomic E-state index is 12.3. The number of hydrogen-bond donors (Lipinski definition) is 1. The highest BCUT2D eigenvalue weighted by Crippen LogP contribution is 2.20. The summed E-state index contributed by atoms with van der Waals surface area (Å²) < 4.78 is 1.70. The number of carbonyl (C=O) groups is 2. The van der Waals surface area contributed by atoms with Crippen molar-refractivity contribution in [1.82, 2.24) is 19.7 Å². The molecule has 28 heavy (non-hydrogen) atoms. The lowest BCUT2D eigenvalue weighted by molar-refractivity contribution is -0.117. The van der Waals surface area contributed by atoms with Crippen LogP contribution in [0.1, 0.15) is 35.8 Å². The molecule has 3 rings (SSSR count). The van der Waals surface area contributed by atoms with Gasteiger partial charge in [-0.25, -0.2) is 9.67 Å². The molecule has 0 saturated heterocycles. The first kappa shape index (κ1) is 19.4. The molecule has 1 aromatic heterocycles. The van der Waals surface area contributed by atoms with Gasteiger partial charge in [-0.1, -0.05) is 12.1 Å². The van der Waals surface area contributed by atoms with Gasteiger partial charge in [-0.2, -0.15) is 5.10 Å². The van der Waals surface area contributed by atoms with Crippen LogP contribution in [0.4, 0.5) is 5.69 Å². The van der Waals surface area contributed by atoms with Crippen molar-refractivity contribution in [3.8, 4) is 5.69 Å². The average molecular weight is 377 g/mol. The topological polar surface area (TPSA) is 80.1 Å². The van der Waals surface area contributed by atoms with Gasteiger partial charge in [-0.05, 0) is 62.9 Å². The number of carbonyl (C=O) groups excluding carboxylic acids is 2. The Morgan fingerprint density at radius 1 is 1.11 bits per heavy atom. The quantitative estimate of drug-likeness (QED) is 0.640. The van der Waals surface area contributed by atoms with E-state index in [0.717, 1.165) is 11.3 Å². The van der Waals surface area contributed by atoms with Crippen molar-refractivity contribution < 1.29 is 9.59 Å². The number of anilines is 1. The molecule has 1 heterocycles. The summed E-state index contributed by atoms with van der Waals surface area (Å²) in [7, 11) is 1.91. The van der Waals surface area contributed by atoms with E-state index in [1.54, 1.807) is 35.3 Å². The highest BCUT2D eigenvalue weighted by Gasteiger charge is 2.15. The van der Waals surface area contributed by atoms with Gasteiger partial charge in [0.05, 0.1) is 12.2 Å². The lowest BCUT2D eigenvalue weighted by atomic mass is 10.1. The van der Waals surface area contributed by atoms with E-state index in [4.69, 9.17) is 0 Å². The summed E-state index contributed by atoms with van der Waals surface area (Å²) in [5.74, 6) is -0.106. The van der Waals surface area contributed by atoms with Crippen LogP contribution >= 0.6 is 0 Å². The van der Waals surface area contributed by atoms with Crippen molar-refractivity contribution in [3.63, 3.8) is 0 Å². The Balaban J connectivity index is 1.57. The Hall–Kier alpha value is -3.32. The van der Waals surface area contributed by atoms with Gasteiger partial charge in [0.2, 0.25) is 5.91 Å². The first-order chi connectivity index (χ1) is 13.4. The predicted octanol–water partition coefficient (Wildman–Crippen LogP) is 3.10. The zero-order valence-corrected chi connectivity index (χ0v) is 16.2. The first-order valence-corrected chi connectivity index (χ1v) is 9.00. The van der Waals surface area contributed by atoms with Crippen molar-refractivity contribution in [2.45, 2.75) is 19.9 Å². The van der Waals surface area contributed by atoms with Crippen molar-refractivity contribution in [1.29, 1.82) is 0 Å². The van der Waals surface area contributed by atoms with Crippen molar-refractivity contribution in [3.05, 3.63) is 72.3 Å². The van der Waals surface area contributed by atoms with E-state index in [0.29, 0.717) is 11.3 Å². The van der Waals surface area contributed by atoms with Crippen LogP contribution in [0.3, 0.4) is 0 Å². The molecule has 0 saturated carbocycles. The first-order valence-electron chi connectivity index (χ1n) is 9.00. The highest BCUT2D eigenvalue weighted by molar-refractivity contribution is 5.96. The molecule has 7 nitrogen and oxygen atoms in total. The molecular weight excluding hydrogens is 354 g/mol. The minimum Gasteiger partial charge on any atom is -0.325 e. The fraction of sp³-hybridized carbons (Fsp3) is 0.238. The third-order valence-electron chi connectivity index (χ3n) is 4.69. The maximum Gasteiger partial charge on any atom is 0.238 e. The number of ketones is 1. The van der Waals surface area contributed by atoms with E-state index < -0.39 is 0 Å². The highest BCUT2D eigenvalue weighted by atomic mass is 16.2. The molecule has 3 aromatic rings. The maximum atomic E-state index is 12.3. The minimum atomic E-state index is -0.107. The molecule has 144 valence electrons. The number of nitrogens with one attached hydrogen (secondary N) is 1. The van der Waals surface area contributed by atoms with Gasteiger partial charge < -0.3 is 5.32 Å². The normalized spacial score (nSPS) is 12.0. The summed E-state index contributed by atoms with van der Waals surface area (Å²) in [5.41, 5.74) is 3.33. The van der Waals surface area contributed by atoms with Crippen LogP contribution in [0.25, 0.3) is 5.69 Å². The van der Waals surface area contributed by atoms with Crippen LogP contribution in [0, 0.1) is 0 Å². The molecule has 0 fully saturated rings. The van der Waals surface area contributed by atoms with E-state index in [1.807, 2.05) is 36.2 Å². The van der Waals surface area contributed by atoms with Gasteiger partial charge in [-0.3, -0.25) is 14.5 Å². The van der Waals surface area contributed by atoms with E-state index in [1.165, 1.54) is 13.3 Å². The summed E-state index contributed by atoms with van der Waals surface area (Å²) in [6.07, 6.45) is 3.15. The van der Waals surface area contributed by atoms with Gasteiger partial charge in [0.15, 0.2) is 5.78 Å². The minimum absolute atomic E-state index is 0.00118. The standard InChI is InChI=1S/C21H23N5O2/c1-15(17-6-10-20(11-7-17)26-14-22-13-23-26)25(3)12-21(28)24-19-8-4-18(5-9-19)16(2)27/h4-11,13-15H,12H2,1-3H3,(H,24,28)/t15-/m1/s1. The fourth-order valence-corrected chi connectivity index (χ4v) is 2.85. The molecule has 1 atom stereocenters. The van der Waals surface area contributed by atoms with Gasteiger partial charge >= 0.3 is 0 Å². The Morgan fingerprint density at radius 3 is 2.36 bits per heavy atom. The largest absolute Gasteiger partial charge is 0.325 e. The number of amides is 1. The SMILES string of the molecule is CC(=O)c1ccc(NC(=O)CN(C)[C@H](C)c2ccc(-n3cncn3)cc2)cc1. The summed E-state index contributed by atoms with van der Waals surface area (Å²) in [4.78, 5) is 29.6. The van der Waals surface area contributed by atoms with E-state index in [9.17, 15) is 9.59 Å². The second kappa shape index (κ2) is 8.58. The number of hydrogen-bond acceptors (Lipinski definition) is 5. The molecule has 0 spiro atoms. The van der Waals surface area contributed by atoms with Gasteiger partial charge in [-0.15, -0.1) is 0 Å². The number of nitrogens with zero attached hydrogens (tertiary/aromatic N) is 4. The Kier molecular flexibility index (Phi) is 5.96. The smallest absolute Gasteiger partial charge is 0.238 e. The van der Waals surface area contributed by atoms with Gasteiger partial charge in [0.1, 0.15) is 12.7 Å². The molecular formula is C21H23N5O2. The van der Waals surface area contributed by atoms with Gasteiger partial charge in [0.25, 0.3) is 0 Å². The third-order valence-corrected chi connectivity index (χ3v) is 4.69. The van der Waals surface area contributed by atoms with Crippen molar-refractivity contribution in [2.75, 3.05) is 18.9 Å². The zero-order chi connectivity index (χ0) is 20.1. The molecule has 0 radical (unpaired) electrons. The molecule has 1 amide bonds. The van der Waals surface area contributed by atoms with Crippen LogP contribution in [0.15, 0.2) is 61.2 Å². The van der Waals surface area contributed by atoms with E-state index >= 15 is 0 Å². The predicted molar refractivity (Wildman–Crippen MR) is 107 cm³/mol. The van der Waals surface area contributed by atoms with Gasteiger partial charge in [0, 0.05) is 17.3 Å². The molecule has 0 unspecified atom stereocenters. The number of likely N-dealkylation sites (N-methyl/N-ethyl adjacent to an activating group) is 1. The summed E-state index contributed by atoms with van der Waals surface area (Å²) in [5, 5.41) is 6.98. The average Bonchev–Trinajstić information content (AvgIpc) is 3.22. The zero-order valence-electron chi connectivity index (χ0n) is 16.2. The molecule has 2 aromatic carbocycles. The second-order valence-corrected chi connectivity index (χ2v) is 6.70. The summed E-state index contributed by atoms with van der Waals surface area (Å²) in [6, 6.07) is 15.0. The van der Waals surface area contributed by atoms with Crippen LogP contribution in [0.2, 0.25) is 0 Å². The molecule has 0 aliphatic carbocycles. The number of aromatic nitrogens is 3. The number of rotatable bonds is 7. The number of benzene rings is 2.